The monoisotopic (exact) mass is 306 g/mol. The first kappa shape index (κ1) is 14.1. The van der Waals surface area contributed by atoms with E-state index >= 15 is 0 Å². The van der Waals surface area contributed by atoms with Gasteiger partial charge in [0.25, 0.3) is 0 Å². The third kappa shape index (κ3) is 2.63. The molecule has 0 N–H and O–H groups in total. The van der Waals surface area contributed by atoms with Crippen molar-refractivity contribution < 1.29 is 14.3 Å². The van der Waals surface area contributed by atoms with Crippen molar-refractivity contribution in [3.63, 3.8) is 0 Å². The van der Waals surface area contributed by atoms with Gasteiger partial charge in [-0.25, -0.2) is 4.79 Å². The van der Waals surface area contributed by atoms with Gasteiger partial charge in [-0.05, 0) is 35.2 Å². The first-order valence-corrected chi connectivity index (χ1v) is 7.90. The highest BCUT2D eigenvalue weighted by molar-refractivity contribution is 5.91. The Morgan fingerprint density at radius 2 is 2.00 bits per heavy atom. The Kier molecular flexibility index (Phi) is 3.41. The number of rotatable bonds is 3. The molecule has 4 rings (SSSR count). The SMILES string of the molecule is C=C1C(=O)O[C@@H]2Cc3ccc(OCc4ccccc4)cc3[C@H]1C2. The van der Waals surface area contributed by atoms with Crippen LogP contribution in [0.1, 0.15) is 29.0 Å². The lowest BCUT2D eigenvalue weighted by Crippen LogP contribution is -2.36. The third-order valence-corrected chi connectivity index (χ3v) is 4.64. The highest BCUT2D eigenvalue weighted by Gasteiger charge is 2.38. The molecule has 3 nitrogen and oxygen atoms in total. The molecule has 1 fully saturated rings. The highest BCUT2D eigenvalue weighted by atomic mass is 16.5. The van der Waals surface area contributed by atoms with Crippen LogP contribution < -0.4 is 4.74 Å². The Morgan fingerprint density at radius 1 is 1.17 bits per heavy atom. The maximum absolute atomic E-state index is 11.9. The van der Waals surface area contributed by atoms with Gasteiger partial charge in [0, 0.05) is 17.9 Å². The van der Waals surface area contributed by atoms with Crippen LogP contribution in [-0.4, -0.2) is 12.1 Å². The summed E-state index contributed by atoms with van der Waals surface area (Å²) in [4.78, 5) is 11.9. The van der Waals surface area contributed by atoms with Gasteiger partial charge in [0.1, 0.15) is 18.5 Å². The molecule has 1 aliphatic carbocycles. The fraction of sp³-hybridized carbons (Fsp3) is 0.250. The van der Waals surface area contributed by atoms with Gasteiger partial charge >= 0.3 is 5.97 Å². The molecule has 1 aliphatic heterocycles. The molecule has 2 aromatic carbocycles. The molecule has 1 saturated heterocycles. The topological polar surface area (TPSA) is 35.5 Å². The van der Waals surface area contributed by atoms with Crippen LogP contribution in [0.3, 0.4) is 0 Å². The Balaban J connectivity index is 1.58. The van der Waals surface area contributed by atoms with E-state index in [1.165, 1.54) is 5.56 Å². The zero-order valence-corrected chi connectivity index (χ0v) is 12.8. The highest BCUT2D eigenvalue weighted by Crippen LogP contribution is 2.42. The van der Waals surface area contributed by atoms with Gasteiger partial charge in [-0.1, -0.05) is 43.0 Å². The number of carbonyl (C=O) groups excluding carboxylic acids is 1. The van der Waals surface area contributed by atoms with E-state index in [0.717, 1.165) is 29.7 Å². The first-order chi connectivity index (χ1) is 11.2. The summed E-state index contributed by atoms with van der Waals surface area (Å²) in [6.07, 6.45) is 1.60. The molecule has 2 aromatic rings. The van der Waals surface area contributed by atoms with Gasteiger partial charge < -0.3 is 9.47 Å². The number of hydrogen-bond donors (Lipinski definition) is 0. The molecule has 23 heavy (non-hydrogen) atoms. The Morgan fingerprint density at radius 3 is 2.83 bits per heavy atom. The number of benzene rings is 2. The standard InChI is InChI=1S/C20H18O3/c1-13-18-11-17(23-20(13)21)9-15-7-8-16(10-19(15)18)22-12-14-5-3-2-4-6-14/h2-8,10,17-18H,1,9,11-12H2/t17-,18+/m1/s1. The second-order valence-electron chi connectivity index (χ2n) is 6.18. The quantitative estimate of drug-likeness (QED) is 0.639. The molecule has 0 unspecified atom stereocenters. The smallest absolute Gasteiger partial charge is 0.334 e. The van der Waals surface area contributed by atoms with E-state index in [1.807, 2.05) is 36.4 Å². The zero-order chi connectivity index (χ0) is 15.8. The molecule has 0 radical (unpaired) electrons. The van der Waals surface area contributed by atoms with Crippen LogP contribution in [0.15, 0.2) is 60.7 Å². The summed E-state index contributed by atoms with van der Waals surface area (Å²) in [7, 11) is 0. The van der Waals surface area contributed by atoms with Crippen molar-refractivity contribution in [3.8, 4) is 5.75 Å². The first-order valence-electron chi connectivity index (χ1n) is 7.90. The third-order valence-electron chi connectivity index (χ3n) is 4.64. The molecule has 0 aromatic heterocycles. The molecule has 0 spiro atoms. The Bertz CT molecular complexity index is 764. The number of carbonyl (C=O) groups is 1. The second-order valence-corrected chi connectivity index (χ2v) is 6.18. The lowest BCUT2D eigenvalue weighted by Gasteiger charge is -2.36. The maximum Gasteiger partial charge on any atom is 0.334 e. The van der Waals surface area contributed by atoms with E-state index in [4.69, 9.17) is 9.47 Å². The van der Waals surface area contributed by atoms with Gasteiger partial charge in [-0.2, -0.15) is 0 Å². The van der Waals surface area contributed by atoms with E-state index in [9.17, 15) is 4.79 Å². The van der Waals surface area contributed by atoms with Gasteiger partial charge in [0.05, 0.1) is 0 Å². The predicted octanol–water partition coefficient (Wildman–Crippen LogP) is 3.78. The van der Waals surface area contributed by atoms with Gasteiger partial charge in [-0.3, -0.25) is 0 Å². The van der Waals surface area contributed by atoms with Crippen molar-refractivity contribution in [3.05, 3.63) is 77.4 Å². The number of esters is 1. The lowest BCUT2D eigenvalue weighted by atomic mass is 9.76. The normalized spacial score (nSPS) is 22.3. The van der Waals surface area contributed by atoms with Crippen LogP contribution in [0.5, 0.6) is 5.75 Å². The van der Waals surface area contributed by atoms with E-state index in [1.54, 1.807) is 0 Å². The van der Waals surface area contributed by atoms with Gasteiger partial charge in [0.15, 0.2) is 0 Å². The molecule has 0 saturated carbocycles. The average Bonchev–Trinajstić information content (AvgIpc) is 2.58. The fourth-order valence-corrected chi connectivity index (χ4v) is 3.42. The summed E-state index contributed by atoms with van der Waals surface area (Å²) < 4.78 is 11.3. The van der Waals surface area contributed by atoms with Gasteiger partial charge in [0.2, 0.25) is 0 Å². The minimum atomic E-state index is -0.257. The average molecular weight is 306 g/mol. The van der Waals surface area contributed by atoms with Crippen LogP contribution >= 0.6 is 0 Å². The summed E-state index contributed by atoms with van der Waals surface area (Å²) in [5.41, 5.74) is 4.08. The van der Waals surface area contributed by atoms with Crippen molar-refractivity contribution in [1.29, 1.82) is 0 Å². The number of hydrogen-bond acceptors (Lipinski definition) is 3. The molecule has 2 atom stereocenters. The number of ether oxygens (including phenoxy) is 2. The van der Waals surface area contributed by atoms with Crippen LogP contribution in [0.2, 0.25) is 0 Å². The Labute approximate surface area is 135 Å². The fourth-order valence-electron chi connectivity index (χ4n) is 3.42. The molecular formula is C20H18O3. The van der Waals surface area contributed by atoms with Crippen molar-refractivity contribution in [1.82, 2.24) is 0 Å². The second kappa shape index (κ2) is 5.58. The molecule has 0 amide bonds. The van der Waals surface area contributed by atoms with Gasteiger partial charge in [-0.15, -0.1) is 0 Å². The van der Waals surface area contributed by atoms with Crippen LogP contribution in [0.25, 0.3) is 0 Å². The summed E-state index contributed by atoms with van der Waals surface area (Å²) in [6, 6.07) is 16.2. The summed E-state index contributed by atoms with van der Waals surface area (Å²) in [6.45, 7) is 4.46. The van der Waals surface area contributed by atoms with E-state index in [-0.39, 0.29) is 18.0 Å². The summed E-state index contributed by atoms with van der Waals surface area (Å²) in [5.74, 6) is 0.635. The zero-order valence-electron chi connectivity index (χ0n) is 12.8. The largest absolute Gasteiger partial charge is 0.489 e. The van der Waals surface area contributed by atoms with Crippen LogP contribution in [-0.2, 0) is 22.6 Å². The van der Waals surface area contributed by atoms with Crippen molar-refractivity contribution in [2.45, 2.75) is 31.5 Å². The minimum absolute atomic E-state index is 0.0124. The van der Waals surface area contributed by atoms with E-state index < -0.39 is 0 Å². The number of fused-ring (bicyclic) bond motifs is 4. The van der Waals surface area contributed by atoms with Crippen molar-refractivity contribution in [2.75, 3.05) is 0 Å². The molecule has 1 heterocycles. The molecule has 116 valence electrons. The van der Waals surface area contributed by atoms with Crippen LogP contribution in [0.4, 0.5) is 0 Å². The lowest BCUT2D eigenvalue weighted by molar-refractivity contribution is -0.148. The van der Waals surface area contributed by atoms with E-state index in [2.05, 4.69) is 18.7 Å². The molecule has 2 aliphatic rings. The molecule has 2 bridgehead atoms. The molecule has 3 heteroatoms. The van der Waals surface area contributed by atoms with Crippen molar-refractivity contribution in [2.24, 2.45) is 0 Å². The van der Waals surface area contributed by atoms with Crippen molar-refractivity contribution >= 4 is 5.97 Å². The minimum Gasteiger partial charge on any atom is -0.489 e. The summed E-state index contributed by atoms with van der Waals surface area (Å²) in [5, 5.41) is 0. The summed E-state index contributed by atoms with van der Waals surface area (Å²) >= 11 is 0. The maximum atomic E-state index is 11.9. The Hall–Kier alpha value is -2.55. The van der Waals surface area contributed by atoms with E-state index in [0.29, 0.717) is 12.2 Å². The predicted molar refractivity (Wildman–Crippen MR) is 87.3 cm³/mol. The molecular weight excluding hydrogens is 288 g/mol. The van der Waals surface area contributed by atoms with Crippen LogP contribution in [0, 0.1) is 0 Å².